The first-order chi connectivity index (χ1) is 9.04. The minimum absolute atomic E-state index is 0.208. The number of halogens is 3. The van der Waals surface area contributed by atoms with Crippen molar-refractivity contribution in [3.63, 3.8) is 0 Å². The standard InChI is InChI=1S/C13H9Br2FO2S/c14-8-4-12(19-13(8)15)11-5-9(17)7-3-6(16)1-2-10(7)18-11/h1-4,9,11,17H,5H2/t9-,11?/m1/s1. The fourth-order valence-corrected chi connectivity index (χ4v) is 4.25. The predicted octanol–water partition coefficient (Wildman–Crippen LogP) is 4.97. The lowest BCUT2D eigenvalue weighted by molar-refractivity contribution is 0.0670. The highest BCUT2D eigenvalue weighted by Gasteiger charge is 2.29. The van der Waals surface area contributed by atoms with E-state index in [1.54, 1.807) is 17.4 Å². The highest BCUT2D eigenvalue weighted by Crippen LogP contribution is 2.45. The molecule has 2 atom stereocenters. The monoisotopic (exact) mass is 406 g/mol. The van der Waals surface area contributed by atoms with Crippen LogP contribution in [0.3, 0.4) is 0 Å². The van der Waals surface area contributed by atoms with E-state index < -0.39 is 6.10 Å². The van der Waals surface area contributed by atoms with Gasteiger partial charge in [0, 0.05) is 21.3 Å². The van der Waals surface area contributed by atoms with Gasteiger partial charge in [-0.3, -0.25) is 0 Å². The van der Waals surface area contributed by atoms with Crippen LogP contribution in [0, 0.1) is 5.82 Å². The zero-order valence-corrected chi connectivity index (χ0v) is 13.6. The number of benzene rings is 1. The molecule has 19 heavy (non-hydrogen) atoms. The van der Waals surface area contributed by atoms with Crippen molar-refractivity contribution in [1.82, 2.24) is 0 Å². The number of ether oxygens (including phenoxy) is 1. The number of aliphatic hydroxyl groups is 1. The molecule has 2 aromatic rings. The third-order valence-corrected chi connectivity index (χ3v) is 6.37. The van der Waals surface area contributed by atoms with Crippen LogP contribution in [-0.2, 0) is 0 Å². The molecule has 0 saturated heterocycles. The van der Waals surface area contributed by atoms with Crippen molar-refractivity contribution in [3.05, 3.63) is 48.8 Å². The summed E-state index contributed by atoms with van der Waals surface area (Å²) in [5, 5.41) is 10.1. The Morgan fingerprint density at radius 3 is 2.79 bits per heavy atom. The van der Waals surface area contributed by atoms with Crippen LogP contribution in [0.2, 0.25) is 0 Å². The molecule has 1 N–H and O–H groups in total. The number of hydrogen-bond donors (Lipinski definition) is 1. The highest BCUT2D eigenvalue weighted by atomic mass is 79.9. The van der Waals surface area contributed by atoms with Gasteiger partial charge in [0.05, 0.1) is 9.89 Å². The maximum absolute atomic E-state index is 13.2. The van der Waals surface area contributed by atoms with Gasteiger partial charge in [-0.15, -0.1) is 11.3 Å². The van der Waals surface area contributed by atoms with Gasteiger partial charge in [0.1, 0.15) is 17.7 Å². The SMILES string of the molecule is O[C@@H]1CC(c2cc(Br)c(Br)s2)Oc2ccc(F)cc21. The summed E-state index contributed by atoms with van der Waals surface area (Å²) in [6.07, 6.45) is -0.486. The first kappa shape index (κ1) is 13.5. The summed E-state index contributed by atoms with van der Waals surface area (Å²) >= 11 is 8.44. The number of hydrogen-bond acceptors (Lipinski definition) is 3. The fraction of sp³-hybridized carbons (Fsp3) is 0.231. The average Bonchev–Trinajstić information content (AvgIpc) is 2.70. The molecule has 0 fully saturated rings. The van der Waals surface area contributed by atoms with Crippen molar-refractivity contribution in [2.45, 2.75) is 18.6 Å². The molecular formula is C13H9Br2FO2S. The van der Waals surface area contributed by atoms with Gasteiger partial charge in [-0.05, 0) is 56.1 Å². The van der Waals surface area contributed by atoms with Crippen LogP contribution in [0.4, 0.5) is 4.39 Å². The molecule has 0 aliphatic carbocycles. The molecule has 0 radical (unpaired) electrons. The Labute approximate surface area is 130 Å². The van der Waals surface area contributed by atoms with E-state index in [9.17, 15) is 9.50 Å². The van der Waals surface area contributed by atoms with E-state index in [0.717, 1.165) is 13.1 Å². The Morgan fingerprint density at radius 1 is 1.32 bits per heavy atom. The van der Waals surface area contributed by atoms with Gasteiger partial charge in [-0.25, -0.2) is 4.39 Å². The summed E-state index contributed by atoms with van der Waals surface area (Å²) < 4.78 is 21.0. The Kier molecular flexibility index (Phi) is 3.68. The van der Waals surface area contributed by atoms with Crippen LogP contribution in [0.1, 0.15) is 29.1 Å². The predicted molar refractivity (Wildman–Crippen MR) is 79.1 cm³/mol. The van der Waals surface area contributed by atoms with Crippen molar-refractivity contribution in [3.8, 4) is 5.75 Å². The third kappa shape index (κ3) is 2.59. The Hall–Kier alpha value is -0.430. The molecule has 0 bridgehead atoms. The van der Waals surface area contributed by atoms with E-state index in [1.165, 1.54) is 12.1 Å². The number of rotatable bonds is 1. The topological polar surface area (TPSA) is 29.5 Å². The molecule has 0 amide bonds. The van der Waals surface area contributed by atoms with Gasteiger partial charge < -0.3 is 9.84 Å². The molecule has 3 rings (SSSR count). The zero-order valence-electron chi connectivity index (χ0n) is 9.57. The first-order valence-electron chi connectivity index (χ1n) is 5.63. The van der Waals surface area contributed by atoms with E-state index in [-0.39, 0.29) is 11.9 Å². The molecule has 1 aliphatic rings. The third-order valence-electron chi connectivity index (χ3n) is 3.02. The van der Waals surface area contributed by atoms with E-state index in [2.05, 4.69) is 31.9 Å². The van der Waals surface area contributed by atoms with Crippen molar-refractivity contribution in [1.29, 1.82) is 0 Å². The van der Waals surface area contributed by atoms with E-state index in [1.807, 2.05) is 6.07 Å². The van der Waals surface area contributed by atoms with Crippen LogP contribution in [0.25, 0.3) is 0 Å². The summed E-state index contributed by atoms with van der Waals surface area (Å²) in [5.74, 6) is 0.187. The lowest BCUT2D eigenvalue weighted by Gasteiger charge is -2.29. The molecule has 1 aromatic carbocycles. The summed E-state index contributed by atoms with van der Waals surface area (Å²) in [4.78, 5) is 1.02. The Balaban J connectivity index is 1.94. The minimum Gasteiger partial charge on any atom is -0.484 e. The number of aliphatic hydroxyl groups excluding tert-OH is 1. The lowest BCUT2D eigenvalue weighted by atomic mass is 9.98. The zero-order chi connectivity index (χ0) is 13.6. The van der Waals surface area contributed by atoms with Crippen molar-refractivity contribution >= 4 is 43.2 Å². The van der Waals surface area contributed by atoms with Gasteiger partial charge in [-0.1, -0.05) is 0 Å². The molecule has 1 aromatic heterocycles. The smallest absolute Gasteiger partial charge is 0.136 e. The second kappa shape index (κ2) is 5.16. The van der Waals surface area contributed by atoms with Crippen LogP contribution in [0.15, 0.2) is 32.5 Å². The van der Waals surface area contributed by atoms with Crippen molar-refractivity contribution in [2.24, 2.45) is 0 Å². The largest absolute Gasteiger partial charge is 0.484 e. The summed E-state index contributed by atoms with van der Waals surface area (Å²) in [5.41, 5.74) is 0.519. The van der Waals surface area contributed by atoms with Crippen molar-refractivity contribution < 1.29 is 14.2 Å². The normalized spacial score (nSPS) is 21.9. The quantitative estimate of drug-likeness (QED) is 0.723. The molecule has 0 saturated carbocycles. The first-order valence-corrected chi connectivity index (χ1v) is 8.03. The Morgan fingerprint density at radius 2 is 2.11 bits per heavy atom. The van der Waals surface area contributed by atoms with Gasteiger partial charge in [0.25, 0.3) is 0 Å². The van der Waals surface area contributed by atoms with Crippen LogP contribution in [0.5, 0.6) is 5.75 Å². The summed E-state index contributed by atoms with van der Waals surface area (Å²) in [6.45, 7) is 0. The minimum atomic E-state index is -0.705. The van der Waals surface area contributed by atoms with Crippen LogP contribution >= 0.6 is 43.2 Å². The van der Waals surface area contributed by atoms with E-state index in [0.29, 0.717) is 17.7 Å². The molecule has 1 aliphatic heterocycles. The average molecular weight is 408 g/mol. The molecule has 0 spiro atoms. The van der Waals surface area contributed by atoms with Gasteiger partial charge in [0.2, 0.25) is 0 Å². The second-order valence-corrected chi connectivity index (χ2v) is 7.57. The van der Waals surface area contributed by atoms with Gasteiger partial charge >= 0.3 is 0 Å². The second-order valence-electron chi connectivity index (χ2n) is 4.31. The highest BCUT2D eigenvalue weighted by molar-refractivity contribution is 9.13. The maximum atomic E-state index is 13.2. The number of thiophene rings is 1. The van der Waals surface area contributed by atoms with Gasteiger partial charge in [-0.2, -0.15) is 0 Å². The van der Waals surface area contributed by atoms with Gasteiger partial charge in [0.15, 0.2) is 0 Å². The molecule has 2 heterocycles. The fourth-order valence-electron chi connectivity index (χ4n) is 2.11. The molecule has 1 unspecified atom stereocenters. The Bertz CT molecular complexity index is 610. The van der Waals surface area contributed by atoms with Crippen LogP contribution < -0.4 is 4.74 Å². The van der Waals surface area contributed by atoms with E-state index >= 15 is 0 Å². The maximum Gasteiger partial charge on any atom is 0.136 e. The molecule has 6 heteroatoms. The van der Waals surface area contributed by atoms with Crippen molar-refractivity contribution in [2.75, 3.05) is 0 Å². The van der Waals surface area contributed by atoms with Crippen LogP contribution in [-0.4, -0.2) is 5.11 Å². The lowest BCUT2D eigenvalue weighted by Crippen LogP contribution is -2.18. The number of fused-ring (bicyclic) bond motifs is 1. The summed E-state index contributed by atoms with van der Waals surface area (Å²) in [7, 11) is 0. The molecule has 100 valence electrons. The molecule has 2 nitrogen and oxygen atoms in total. The summed E-state index contributed by atoms with van der Waals surface area (Å²) in [6, 6.07) is 6.21. The van der Waals surface area contributed by atoms with E-state index in [4.69, 9.17) is 4.74 Å². The molecular weight excluding hydrogens is 399 g/mol.